The highest BCUT2D eigenvalue weighted by Gasteiger charge is 2.23. The van der Waals surface area contributed by atoms with Gasteiger partial charge in [-0.15, -0.1) is 16.9 Å². The molecule has 1 fully saturated rings. The quantitative estimate of drug-likeness (QED) is 0.842. The lowest BCUT2D eigenvalue weighted by atomic mass is 10.1. The van der Waals surface area contributed by atoms with Crippen molar-refractivity contribution < 1.29 is 4.79 Å². The molecular formula is C16H21N5OS. The summed E-state index contributed by atoms with van der Waals surface area (Å²) in [6.07, 6.45) is 4.02. The summed E-state index contributed by atoms with van der Waals surface area (Å²) in [5.74, 6) is -0.204. The van der Waals surface area contributed by atoms with E-state index in [-0.39, 0.29) is 5.91 Å². The zero-order chi connectivity index (χ0) is 16.2. The third kappa shape index (κ3) is 3.40. The van der Waals surface area contributed by atoms with Crippen LogP contribution in [0.1, 0.15) is 35.1 Å². The molecule has 1 aromatic carbocycles. The minimum Gasteiger partial charge on any atom is -0.319 e. The number of nitrogens with one attached hydrogen (secondary N) is 2. The highest BCUT2D eigenvalue weighted by Crippen LogP contribution is 2.26. The third-order valence-corrected chi connectivity index (χ3v) is 4.95. The first-order valence-corrected chi connectivity index (χ1v) is 9.00. The van der Waals surface area contributed by atoms with Crippen LogP contribution in [0.4, 0.5) is 5.69 Å². The van der Waals surface area contributed by atoms with Crippen molar-refractivity contribution in [3.8, 4) is 0 Å². The molecule has 0 bridgehead atoms. The fourth-order valence-corrected chi connectivity index (χ4v) is 3.43. The smallest absolute Gasteiger partial charge is 0.278 e. The van der Waals surface area contributed by atoms with Gasteiger partial charge in [0.25, 0.3) is 5.91 Å². The average Bonchev–Trinajstić information content (AvgIpc) is 2.98. The minimum atomic E-state index is -0.204. The van der Waals surface area contributed by atoms with Crippen molar-refractivity contribution in [1.82, 2.24) is 20.3 Å². The largest absolute Gasteiger partial charge is 0.319 e. The van der Waals surface area contributed by atoms with E-state index in [1.165, 1.54) is 0 Å². The van der Waals surface area contributed by atoms with E-state index in [0.29, 0.717) is 11.7 Å². The molecule has 2 aromatic rings. The molecule has 1 amide bonds. The number of thioether (sulfide) groups is 1. The van der Waals surface area contributed by atoms with Gasteiger partial charge in [0.1, 0.15) is 0 Å². The van der Waals surface area contributed by atoms with Gasteiger partial charge in [0.15, 0.2) is 5.69 Å². The molecule has 2 N–H and O–H groups in total. The molecule has 0 aliphatic carbocycles. The van der Waals surface area contributed by atoms with Crippen LogP contribution in [0.15, 0.2) is 29.2 Å². The molecule has 2 heterocycles. The maximum Gasteiger partial charge on any atom is 0.278 e. The molecule has 0 unspecified atom stereocenters. The number of anilines is 1. The van der Waals surface area contributed by atoms with Crippen LogP contribution in [-0.4, -0.2) is 40.2 Å². The Morgan fingerprint density at radius 3 is 2.83 bits per heavy atom. The number of para-hydroxylation sites is 1. The average molecular weight is 331 g/mol. The van der Waals surface area contributed by atoms with E-state index in [1.807, 2.05) is 42.1 Å². The highest BCUT2D eigenvalue weighted by molar-refractivity contribution is 7.98. The number of nitrogens with zero attached hydrogens (tertiary/aromatic N) is 3. The van der Waals surface area contributed by atoms with E-state index >= 15 is 0 Å². The Bertz CT molecular complexity index is 694. The zero-order valence-corrected chi connectivity index (χ0v) is 14.2. The van der Waals surface area contributed by atoms with Crippen LogP contribution in [0.25, 0.3) is 0 Å². The number of hydrogen-bond acceptors (Lipinski definition) is 5. The van der Waals surface area contributed by atoms with Gasteiger partial charge in [-0.1, -0.05) is 17.3 Å². The van der Waals surface area contributed by atoms with Gasteiger partial charge in [-0.25, -0.2) is 4.68 Å². The Labute approximate surface area is 140 Å². The third-order valence-electron chi connectivity index (χ3n) is 4.15. The molecular weight excluding hydrogens is 310 g/mol. The Morgan fingerprint density at radius 2 is 2.09 bits per heavy atom. The molecule has 1 aliphatic rings. The van der Waals surface area contributed by atoms with Crippen LogP contribution in [-0.2, 0) is 0 Å². The van der Waals surface area contributed by atoms with Gasteiger partial charge in [0.05, 0.1) is 17.4 Å². The zero-order valence-electron chi connectivity index (χ0n) is 13.4. The van der Waals surface area contributed by atoms with Gasteiger partial charge in [-0.05, 0) is 51.2 Å². The lowest BCUT2D eigenvalue weighted by Gasteiger charge is -2.23. The van der Waals surface area contributed by atoms with Crippen molar-refractivity contribution in [2.45, 2.75) is 30.7 Å². The summed E-state index contributed by atoms with van der Waals surface area (Å²) in [5, 5.41) is 14.6. The van der Waals surface area contributed by atoms with E-state index in [2.05, 4.69) is 20.9 Å². The lowest BCUT2D eigenvalue weighted by Crippen LogP contribution is -2.30. The summed E-state index contributed by atoms with van der Waals surface area (Å²) in [7, 11) is 0. The van der Waals surface area contributed by atoms with Crippen molar-refractivity contribution in [3.63, 3.8) is 0 Å². The van der Waals surface area contributed by atoms with E-state index in [1.54, 1.807) is 11.8 Å². The summed E-state index contributed by atoms with van der Waals surface area (Å²) >= 11 is 1.60. The second-order valence-corrected chi connectivity index (χ2v) is 6.45. The molecule has 1 saturated heterocycles. The van der Waals surface area contributed by atoms with Crippen LogP contribution < -0.4 is 10.6 Å². The molecule has 1 aliphatic heterocycles. The van der Waals surface area contributed by atoms with Crippen molar-refractivity contribution in [3.05, 3.63) is 35.7 Å². The predicted octanol–water partition coefficient (Wildman–Crippen LogP) is 2.49. The fraction of sp³-hybridized carbons (Fsp3) is 0.438. The molecule has 7 heteroatoms. The minimum absolute atomic E-state index is 0.204. The first-order valence-electron chi connectivity index (χ1n) is 7.77. The first kappa shape index (κ1) is 16.0. The first-order chi connectivity index (χ1) is 11.2. The SMILES string of the molecule is CSc1ccccc1NC(=O)c1nnn(C2CCNCC2)c1C. The summed E-state index contributed by atoms with van der Waals surface area (Å²) in [6, 6.07) is 8.08. The van der Waals surface area contributed by atoms with Gasteiger partial charge in [-0.2, -0.15) is 0 Å². The van der Waals surface area contributed by atoms with Crippen LogP contribution in [0.2, 0.25) is 0 Å². The number of hydrogen-bond donors (Lipinski definition) is 2. The summed E-state index contributed by atoms with van der Waals surface area (Å²) in [6.45, 7) is 3.87. The van der Waals surface area contributed by atoms with Crippen LogP contribution >= 0.6 is 11.8 Å². The molecule has 0 spiro atoms. The number of benzene rings is 1. The fourth-order valence-electron chi connectivity index (χ4n) is 2.88. The molecule has 6 nitrogen and oxygen atoms in total. The molecule has 3 rings (SSSR count). The van der Waals surface area contributed by atoms with Gasteiger partial charge < -0.3 is 10.6 Å². The number of rotatable bonds is 4. The highest BCUT2D eigenvalue weighted by atomic mass is 32.2. The Balaban J connectivity index is 1.79. The number of piperidine rings is 1. The van der Waals surface area contributed by atoms with E-state index < -0.39 is 0 Å². The van der Waals surface area contributed by atoms with Crippen LogP contribution in [0, 0.1) is 6.92 Å². The lowest BCUT2D eigenvalue weighted by molar-refractivity contribution is 0.102. The van der Waals surface area contributed by atoms with E-state index in [0.717, 1.165) is 42.2 Å². The van der Waals surface area contributed by atoms with E-state index in [9.17, 15) is 4.79 Å². The van der Waals surface area contributed by atoms with Crippen molar-refractivity contribution in [2.24, 2.45) is 0 Å². The van der Waals surface area contributed by atoms with Crippen molar-refractivity contribution >= 4 is 23.4 Å². The van der Waals surface area contributed by atoms with Crippen LogP contribution in [0.5, 0.6) is 0 Å². The second kappa shape index (κ2) is 7.14. The van der Waals surface area contributed by atoms with Crippen molar-refractivity contribution in [1.29, 1.82) is 0 Å². The summed E-state index contributed by atoms with van der Waals surface area (Å²) in [5.41, 5.74) is 2.04. The van der Waals surface area contributed by atoms with Gasteiger partial charge in [0.2, 0.25) is 0 Å². The van der Waals surface area contributed by atoms with E-state index in [4.69, 9.17) is 0 Å². The Kier molecular flexibility index (Phi) is 4.97. The van der Waals surface area contributed by atoms with Gasteiger partial charge in [-0.3, -0.25) is 4.79 Å². The maximum atomic E-state index is 12.6. The number of amides is 1. The number of carbonyl (C=O) groups is 1. The molecule has 23 heavy (non-hydrogen) atoms. The van der Waals surface area contributed by atoms with Gasteiger partial charge in [0, 0.05) is 4.90 Å². The molecule has 0 atom stereocenters. The normalized spacial score (nSPS) is 15.6. The molecule has 0 radical (unpaired) electrons. The van der Waals surface area contributed by atoms with Crippen LogP contribution in [0.3, 0.4) is 0 Å². The number of aromatic nitrogens is 3. The molecule has 0 saturated carbocycles. The topological polar surface area (TPSA) is 71.8 Å². The number of carbonyl (C=O) groups excluding carboxylic acids is 1. The maximum absolute atomic E-state index is 12.6. The monoisotopic (exact) mass is 331 g/mol. The standard InChI is InChI=1S/C16H21N5OS/c1-11-15(19-20-21(11)12-7-9-17-10-8-12)16(22)18-13-5-3-4-6-14(13)23-2/h3-6,12,17H,7-10H2,1-2H3,(H,18,22). The van der Waals surface area contributed by atoms with Crippen molar-refractivity contribution in [2.75, 3.05) is 24.7 Å². The molecule has 1 aromatic heterocycles. The summed E-state index contributed by atoms with van der Waals surface area (Å²) < 4.78 is 1.90. The Hall–Kier alpha value is -1.86. The molecule has 122 valence electrons. The summed E-state index contributed by atoms with van der Waals surface area (Å²) in [4.78, 5) is 13.6. The Morgan fingerprint density at radius 1 is 1.35 bits per heavy atom. The van der Waals surface area contributed by atoms with Gasteiger partial charge >= 0.3 is 0 Å². The predicted molar refractivity (Wildman–Crippen MR) is 92.1 cm³/mol. The second-order valence-electron chi connectivity index (χ2n) is 5.60.